The maximum absolute atomic E-state index is 12.3. The first kappa shape index (κ1) is 19.4. The van der Waals surface area contributed by atoms with Gasteiger partial charge in [0, 0.05) is 25.1 Å². The van der Waals surface area contributed by atoms with Gasteiger partial charge in [0.25, 0.3) is 0 Å². The van der Waals surface area contributed by atoms with Gasteiger partial charge in [-0.3, -0.25) is 9.59 Å². The Kier molecular flexibility index (Phi) is 6.99. The van der Waals surface area contributed by atoms with E-state index in [2.05, 4.69) is 10.6 Å². The van der Waals surface area contributed by atoms with Crippen molar-refractivity contribution in [2.24, 2.45) is 0 Å². The zero-order valence-electron chi connectivity index (χ0n) is 14.6. The second-order valence-electron chi connectivity index (χ2n) is 6.53. The molecular weight excluding hydrogens is 340 g/mol. The fourth-order valence-corrected chi connectivity index (χ4v) is 4.26. The van der Waals surface area contributed by atoms with Crippen LogP contribution in [0.15, 0.2) is 29.2 Å². The van der Waals surface area contributed by atoms with Gasteiger partial charge in [-0.25, -0.2) is 8.42 Å². The highest BCUT2D eigenvalue weighted by Gasteiger charge is 2.19. The molecule has 2 rings (SSSR count). The lowest BCUT2D eigenvalue weighted by Gasteiger charge is -2.16. The van der Waals surface area contributed by atoms with Gasteiger partial charge >= 0.3 is 0 Å². The molecule has 1 aromatic rings. The number of amides is 2. The maximum atomic E-state index is 12.3. The van der Waals surface area contributed by atoms with Gasteiger partial charge in [-0.2, -0.15) is 0 Å². The molecule has 0 aliphatic heterocycles. The Balaban J connectivity index is 1.87. The van der Waals surface area contributed by atoms with Crippen molar-refractivity contribution in [2.75, 3.05) is 11.1 Å². The van der Waals surface area contributed by atoms with E-state index in [1.54, 1.807) is 12.1 Å². The smallest absolute Gasteiger partial charge is 0.221 e. The number of hydrogen-bond acceptors (Lipinski definition) is 4. The van der Waals surface area contributed by atoms with Gasteiger partial charge in [-0.15, -0.1) is 0 Å². The summed E-state index contributed by atoms with van der Waals surface area (Å²) < 4.78 is 24.7. The molecule has 138 valence electrons. The molecule has 2 N–H and O–H groups in total. The number of carbonyl (C=O) groups excluding carboxylic acids is 2. The first-order valence-corrected chi connectivity index (χ1v) is 10.4. The molecule has 1 aliphatic rings. The van der Waals surface area contributed by atoms with Gasteiger partial charge < -0.3 is 10.6 Å². The first-order valence-electron chi connectivity index (χ1n) is 8.76. The molecular formula is C18H26N2O4S. The fourth-order valence-electron chi connectivity index (χ4n) is 3.02. The quantitative estimate of drug-likeness (QED) is 0.757. The van der Waals surface area contributed by atoms with Crippen LogP contribution in [-0.2, 0) is 19.4 Å². The maximum Gasteiger partial charge on any atom is 0.221 e. The Bertz CT molecular complexity index is 690. The number of hydrogen-bond donors (Lipinski definition) is 2. The monoisotopic (exact) mass is 366 g/mol. The Morgan fingerprint density at radius 2 is 1.64 bits per heavy atom. The molecule has 1 fully saturated rings. The number of rotatable bonds is 6. The highest BCUT2D eigenvalue weighted by atomic mass is 32.2. The van der Waals surface area contributed by atoms with Crippen molar-refractivity contribution in [1.82, 2.24) is 5.32 Å². The molecule has 0 spiro atoms. The minimum atomic E-state index is -3.52. The summed E-state index contributed by atoms with van der Waals surface area (Å²) >= 11 is 0. The second-order valence-corrected chi connectivity index (χ2v) is 8.64. The van der Waals surface area contributed by atoms with Gasteiger partial charge in [-0.05, 0) is 37.1 Å². The summed E-state index contributed by atoms with van der Waals surface area (Å²) in [7, 11) is -3.52. The Hall–Kier alpha value is -1.89. The van der Waals surface area contributed by atoms with Crippen LogP contribution in [0.5, 0.6) is 0 Å². The van der Waals surface area contributed by atoms with Crippen molar-refractivity contribution in [3.63, 3.8) is 0 Å². The van der Waals surface area contributed by atoms with E-state index in [1.165, 1.54) is 31.9 Å². The van der Waals surface area contributed by atoms with E-state index in [0.29, 0.717) is 5.69 Å². The average Bonchev–Trinajstić information content (AvgIpc) is 2.82. The summed E-state index contributed by atoms with van der Waals surface area (Å²) in [6, 6.07) is 6.16. The summed E-state index contributed by atoms with van der Waals surface area (Å²) in [5.41, 5.74) is 0.539. The van der Waals surface area contributed by atoms with Gasteiger partial charge in [0.1, 0.15) is 0 Å². The van der Waals surface area contributed by atoms with Crippen molar-refractivity contribution < 1.29 is 18.0 Å². The molecule has 0 saturated heterocycles. The van der Waals surface area contributed by atoms with Gasteiger partial charge in [0.15, 0.2) is 9.84 Å². The van der Waals surface area contributed by atoms with E-state index in [4.69, 9.17) is 0 Å². The van der Waals surface area contributed by atoms with E-state index in [1.807, 2.05) is 0 Å². The van der Waals surface area contributed by atoms with Crippen LogP contribution >= 0.6 is 0 Å². The van der Waals surface area contributed by atoms with Crippen LogP contribution in [0.3, 0.4) is 0 Å². The Labute approximate surface area is 149 Å². The van der Waals surface area contributed by atoms with E-state index in [9.17, 15) is 18.0 Å². The van der Waals surface area contributed by atoms with Crippen LogP contribution in [0.2, 0.25) is 0 Å². The normalized spacial score (nSPS) is 16.0. The summed E-state index contributed by atoms with van der Waals surface area (Å²) in [5.74, 6) is -0.637. The highest BCUT2D eigenvalue weighted by Crippen LogP contribution is 2.18. The third-order valence-electron chi connectivity index (χ3n) is 4.35. The second kappa shape index (κ2) is 8.99. The standard InChI is InChI=1S/C18H26N2O4S/c1-14(21)19-16-8-10-17(11-9-16)25(23,24)13-12-18(22)20-15-6-4-2-3-5-7-15/h8-11,15H,2-7,12-13H2,1H3,(H,19,21)(H,20,22). The van der Waals surface area contributed by atoms with Crippen molar-refractivity contribution in [2.45, 2.75) is 62.8 Å². The third-order valence-corrected chi connectivity index (χ3v) is 6.08. The van der Waals surface area contributed by atoms with Crippen molar-refractivity contribution in [3.05, 3.63) is 24.3 Å². The number of nitrogens with one attached hydrogen (secondary N) is 2. The van der Waals surface area contributed by atoms with E-state index in [0.717, 1.165) is 25.7 Å². The number of benzene rings is 1. The zero-order chi connectivity index (χ0) is 18.3. The van der Waals surface area contributed by atoms with Crippen LogP contribution in [-0.4, -0.2) is 32.0 Å². The number of anilines is 1. The lowest BCUT2D eigenvalue weighted by atomic mass is 10.1. The van der Waals surface area contributed by atoms with Crippen molar-refractivity contribution >= 4 is 27.3 Å². The Morgan fingerprint density at radius 1 is 1.04 bits per heavy atom. The number of sulfone groups is 1. The predicted molar refractivity (Wildman–Crippen MR) is 97.0 cm³/mol. The van der Waals surface area contributed by atoms with Gasteiger partial charge in [-0.1, -0.05) is 25.7 Å². The molecule has 1 saturated carbocycles. The molecule has 1 aliphatic carbocycles. The third kappa shape index (κ3) is 6.49. The molecule has 0 aromatic heterocycles. The van der Waals surface area contributed by atoms with E-state index < -0.39 is 9.84 Å². The molecule has 6 nitrogen and oxygen atoms in total. The molecule has 0 atom stereocenters. The van der Waals surface area contributed by atoms with Crippen LogP contribution in [0.25, 0.3) is 0 Å². The van der Waals surface area contributed by atoms with Crippen LogP contribution in [0.4, 0.5) is 5.69 Å². The van der Waals surface area contributed by atoms with Crippen LogP contribution < -0.4 is 10.6 Å². The van der Waals surface area contributed by atoms with Gasteiger partial charge in [0.05, 0.1) is 10.6 Å². The fraction of sp³-hybridized carbons (Fsp3) is 0.556. The highest BCUT2D eigenvalue weighted by molar-refractivity contribution is 7.91. The van der Waals surface area contributed by atoms with Gasteiger partial charge in [0.2, 0.25) is 11.8 Å². The largest absolute Gasteiger partial charge is 0.353 e. The van der Waals surface area contributed by atoms with Crippen molar-refractivity contribution in [3.8, 4) is 0 Å². The van der Waals surface area contributed by atoms with Crippen LogP contribution in [0.1, 0.15) is 51.9 Å². The summed E-state index contributed by atoms with van der Waals surface area (Å²) in [4.78, 5) is 23.2. The summed E-state index contributed by atoms with van der Waals surface area (Å²) in [5, 5.41) is 5.55. The SMILES string of the molecule is CC(=O)Nc1ccc(S(=O)(=O)CCC(=O)NC2CCCCCC2)cc1. The van der Waals surface area contributed by atoms with E-state index >= 15 is 0 Å². The summed E-state index contributed by atoms with van der Waals surface area (Å²) in [6.07, 6.45) is 6.55. The lowest BCUT2D eigenvalue weighted by molar-refractivity contribution is -0.121. The molecule has 1 aromatic carbocycles. The molecule has 2 amide bonds. The van der Waals surface area contributed by atoms with E-state index in [-0.39, 0.29) is 34.9 Å². The zero-order valence-corrected chi connectivity index (χ0v) is 15.4. The van der Waals surface area contributed by atoms with Crippen molar-refractivity contribution in [1.29, 1.82) is 0 Å². The minimum absolute atomic E-state index is 0.0354. The molecule has 25 heavy (non-hydrogen) atoms. The topological polar surface area (TPSA) is 92.3 Å². The first-order chi connectivity index (χ1) is 11.9. The molecule has 0 radical (unpaired) electrons. The summed E-state index contributed by atoms with van der Waals surface area (Å²) in [6.45, 7) is 1.39. The molecule has 0 unspecified atom stereocenters. The average molecular weight is 366 g/mol. The molecule has 7 heteroatoms. The Morgan fingerprint density at radius 3 is 2.20 bits per heavy atom. The molecule has 0 heterocycles. The lowest BCUT2D eigenvalue weighted by Crippen LogP contribution is -2.35. The molecule has 0 bridgehead atoms. The van der Waals surface area contributed by atoms with Crippen LogP contribution in [0, 0.1) is 0 Å². The number of carbonyl (C=O) groups is 2. The minimum Gasteiger partial charge on any atom is -0.353 e. The predicted octanol–water partition coefficient (Wildman–Crippen LogP) is 2.65.